The van der Waals surface area contributed by atoms with E-state index in [0.717, 1.165) is 10.6 Å². The van der Waals surface area contributed by atoms with Crippen molar-refractivity contribution in [3.8, 4) is 0 Å². The van der Waals surface area contributed by atoms with Crippen LogP contribution in [0.15, 0.2) is 30.3 Å². The van der Waals surface area contributed by atoms with Crippen LogP contribution >= 0.6 is 11.3 Å². The number of nitrogens with one attached hydrogen (secondary N) is 1. The summed E-state index contributed by atoms with van der Waals surface area (Å²) in [7, 11) is 0. The molecule has 5 nitrogen and oxygen atoms in total. The SMILES string of the molecule is CC(C)c1nnc(NC(=O)CC(O)c2ccccc2)s1. The summed E-state index contributed by atoms with van der Waals surface area (Å²) in [5.74, 6) is 0.0147. The lowest BCUT2D eigenvalue weighted by atomic mass is 10.1. The highest BCUT2D eigenvalue weighted by molar-refractivity contribution is 7.15. The Labute approximate surface area is 121 Å². The average Bonchev–Trinajstić information content (AvgIpc) is 2.88. The Kier molecular flexibility index (Phi) is 4.81. The molecule has 20 heavy (non-hydrogen) atoms. The lowest BCUT2D eigenvalue weighted by molar-refractivity contribution is -0.118. The van der Waals surface area contributed by atoms with E-state index in [1.54, 1.807) is 12.1 Å². The molecule has 1 aromatic heterocycles. The first-order valence-corrected chi connectivity index (χ1v) is 7.24. The number of rotatable bonds is 5. The third-order valence-electron chi connectivity index (χ3n) is 2.74. The van der Waals surface area contributed by atoms with E-state index in [4.69, 9.17) is 0 Å². The van der Waals surface area contributed by atoms with Crippen LogP contribution in [-0.2, 0) is 4.79 Å². The average molecular weight is 291 g/mol. The summed E-state index contributed by atoms with van der Waals surface area (Å²) in [6.07, 6.45) is -0.811. The van der Waals surface area contributed by atoms with Gasteiger partial charge in [-0.3, -0.25) is 4.79 Å². The molecule has 6 heteroatoms. The molecule has 0 fully saturated rings. The molecule has 0 aliphatic heterocycles. The second-order valence-corrected chi connectivity index (χ2v) is 5.79. The molecule has 0 aliphatic carbocycles. The Morgan fingerprint density at radius 2 is 2.00 bits per heavy atom. The minimum atomic E-state index is -0.811. The number of aromatic nitrogens is 2. The van der Waals surface area contributed by atoms with Crippen LogP contribution < -0.4 is 5.32 Å². The molecule has 1 amide bonds. The molecule has 1 unspecified atom stereocenters. The van der Waals surface area contributed by atoms with Gasteiger partial charge in [0.05, 0.1) is 12.5 Å². The van der Waals surface area contributed by atoms with Crippen LogP contribution in [0.1, 0.15) is 42.9 Å². The summed E-state index contributed by atoms with van der Waals surface area (Å²) in [4.78, 5) is 11.8. The number of amides is 1. The van der Waals surface area contributed by atoms with E-state index in [0.29, 0.717) is 5.13 Å². The van der Waals surface area contributed by atoms with E-state index in [9.17, 15) is 9.90 Å². The van der Waals surface area contributed by atoms with E-state index in [1.807, 2.05) is 32.0 Å². The Morgan fingerprint density at radius 1 is 1.30 bits per heavy atom. The Balaban J connectivity index is 1.92. The topological polar surface area (TPSA) is 75.1 Å². The molecular weight excluding hydrogens is 274 g/mol. The second kappa shape index (κ2) is 6.58. The van der Waals surface area contributed by atoms with Gasteiger partial charge in [-0.2, -0.15) is 0 Å². The van der Waals surface area contributed by atoms with Crippen molar-refractivity contribution in [3.05, 3.63) is 40.9 Å². The fourth-order valence-corrected chi connectivity index (χ4v) is 2.42. The normalized spacial score (nSPS) is 12.4. The zero-order valence-corrected chi connectivity index (χ0v) is 12.2. The van der Waals surface area contributed by atoms with E-state index in [2.05, 4.69) is 15.5 Å². The van der Waals surface area contributed by atoms with Gasteiger partial charge < -0.3 is 10.4 Å². The highest BCUT2D eigenvalue weighted by atomic mass is 32.1. The van der Waals surface area contributed by atoms with Crippen molar-refractivity contribution in [1.29, 1.82) is 0 Å². The largest absolute Gasteiger partial charge is 0.388 e. The molecule has 1 aromatic carbocycles. The van der Waals surface area contributed by atoms with Crippen LogP contribution in [0, 0.1) is 0 Å². The third-order valence-corrected chi connectivity index (χ3v) is 3.88. The standard InChI is InChI=1S/C14H17N3O2S/c1-9(2)13-16-17-14(20-13)15-12(19)8-11(18)10-6-4-3-5-7-10/h3-7,9,11,18H,8H2,1-2H3,(H,15,17,19). The first-order valence-electron chi connectivity index (χ1n) is 6.42. The van der Waals surface area contributed by atoms with Gasteiger partial charge in [0.15, 0.2) is 0 Å². The zero-order valence-electron chi connectivity index (χ0n) is 11.4. The molecule has 0 bridgehead atoms. The van der Waals surface area contributed by atoms with Gasteiger partial charge in [-0.25, -0.2) is 0 Å². The molecule has 2 rings (SSSR count). The van der Waals surface area contributed by atoms with Crippen molar-refractivity contribution < 1.29 is 9.90 Å². The maximum Gasteiger partial charge on any atom is 0.229 e. The molecular formula is C14H17N3O2S. The quantitative estimate of drug-likeness (QED) is 0.888. The first-order chi connectivity index (χ1) is 9.56. The summed E-state index contributed by atoms with van der Waals surface area (Å²) < 4.78 is 0. The maximum atomic E-state index is 11.8. The molecule has 2 N–H and O–H groups in total. The molecule has 0 radical (unpaired) electrons. The van der Waals surface area contributed by atoms with Crippen LogP contribution in [0.25, 0.3) is 0 Å². The summed E-state index contributed by atoms with van der Waals surface area (Å²) in [5, 5.41) is 21.9. The van der Waals surface area contributed by atoms with Gasteiger partial charge in [-0.05, 0) is 5.56 Å². The van der Waals surface area contributed by atoms with Crippen LogP contribution in [0.2, 0.25) is 0 Å². The smallest absolute Gasteiger partial charge is 0.229 e. The molecule has 2 aromatic rings. The Hall–Kier alpha value is -1.79. The van der Waals surface area contributed by atoms with Crippen molar-refractivity contribution in [1.82, 2.24) is 10.2 Å². The molecule has 0 saturated carbocycles. The number of aliphatic hydroxyl groups excluding tert-OH is 1. The van der Waals surface area contributed by atoms with E-state index in [1.165, 1.54) is 11.3 Å². The van der Waals surface area contributed by atoms with Crippen molar-refractivity contribution in [2.75, 3.05) is 5.32 Å². The number of benzene rings is 1. The number of carbonyl (C=O) groups is 1. The summed E-state index contributed by atoms with van der Waals surface area (Å²) >= 11 is 1.36. The second-order valence-electron chi connectivity index (χ2n) is 4.78. The Bertz CT molecular complexity index is 569. The van der Waals surface area contributed by atoms with E-state index in [-0.39, 0.29) is 18.2 Å². The van der Waals surface area contributed by atoms with Gasteiger partial charge in [-0.1, -0.05) is 55.5 Å². The molecule has 1 heterocycles. The molecule has 1 atom stereocenters. The number of aliphatic hydroxyl groups is 1. The number of hydrogen-bond donors (Lipinski definition) is 2. The number of nitrogens with zero attached hydrogens (tertiary/aromatic N) is 2. The van der Waals surface area contributed by atoms with Crippen LogP contribution in [0.4, 0.5) is 5.13 Å². The highest BCUT2D eigenvalue weighted by Gasteiger charge is 2.15. The molecule has 0 spiro atoms. The third kappa shape index (κ3) is 3.85. The van der Waals surface area contributed by atoms with Gasteiger partial charge in [0.1, 0.15) is 5.01 Å². The fourth-order valence-electron chi connectivity index (χ4n) is 1.66. The van der Waals surface area contributed by atoms with Gasteiger partial charge >= 0.3 is 0 Å². The van der Waals surface area contributed by atoms with Crippen LogP contribution in [0.3, 0.4) is 0 Å². The highest BCUT2D eigenvalue weighted by Crippen LogP contribution is 2.23. The van der Waals surface area contributed by atoms with Crippen molar-refractivity contribution in [3.63, 3.8) is 0 Å². The first kappa shape index (κ1) is 14.6. The minimum absolute atomic E-state index is 0.000600. The van der Waals surface area contributed by atoms with Gasteiger partial charge in [-0.15, -0.1) is 10.2 Å². The monoisotopic (exact) mass is 291 g/mol. The van der Waals surface area contributed by atoms with E-state index >= 15 is 0 Å². The molecule has 0 aliphatic rings. The van der Waals surface area contributed by atoms with Crippen molar-refractivity contribution in [2.24, 2.45) is 0 Å². The lowest BCUT2D eigenvalue weighted by Gasteiger charge is -2.09. The van der Waals surface area contributed by atoms with Crippen LogP contribution in [-0.4, -0.2) is 21.2 Å². The maximum absolute atomic E-state index is 11.8. The number of hydrogen-bond acceptors (Lipinski definition) is 5. The van der Waals surface area contributed by atoms with Gasteiger partial charge in [0.25, 0.3) is 0 Å². The van der Waals surface area contributed by atoms with Crippen molar-refractivity contribution >= 4 is 22.4 Å². The zero-order chi connectivity index (χ0) is 14.5. The van der Waals surface area contributed by atoms with Gasteiger partial charge in [0, 0.05) is 5.92 Å². The fraction of sp³-hybridized carbons (Fsp3) is 0.357. The lowest BCUT2D eigenvalue weighted by Crippen LogP contribution is -2.15. The van der Waals surface area contributed by atoms with Crippen molar-refractivity contribution in [2.45, 2.75) is 32.3 Å². The predicted octanol–water partition coefficient (Wildman–Crippen LogP) is 2.72. The van der Waals surface area contributed by atoms with Crippen LogP contribution in [0.5, 0.6) is 0 Å². The predicted molar refractivity (Wildman–Crippen MR) is 78.6 cm³/mol. The molecule has 106 valence electrons. The van der Waals surface area contributed by atoms with Gasteiger partial charge in [0.2, 0.25) is 11.0 Å². The van der Waals surface area contributed by atoms with E-state index < -0.39 is 6.10 Å². The number of anilines is 1. The minimum Gasteiger partial charge on any atom is -0.388 e. The Morgan fingerprint density at radius 3 is 2.60 bits per heavy atom. The summed E-state index contributed by atoms with van der Waals surface area (Å²) in [5.41, 5.74) is 0.725. The summed E-state index contributed by atoms with van der Waals surface area (Å²) in [6, 6.07) is 9.11. The number of carbonyl (C=O) groups excluding carboxylic acids is 1. The molecule has 0 saturated heterocycles. The summed E-state index contributed by atoms with van der Waals surface area (Å²) in [6.45, 7) is 4.04.